The number of fused-ring (bicyclic) bond motifs is 1. The first-order valence-electron chi connectivity index (χ1n) is 6.58. The van der Waals surface area contributed by atoms with Crippen LogP contribution in [-0.2, 0) is 6.42 Å². The molecule has 0 aliphatic heterocycles. The minimum absolute atomic E-state index is 0.0587. The standard InChI is InChI=1S/C15H15ClN2OS/c16-14-7-6-13(20-14)15(19)18-12-3-1-2-9-8-10(17)4-5-11(9)12/h4-8,12H,1-3,17H2,(H,18,19). The summed E-state index contributed by atoms with van der Waals surface area (Å²) in [5.41, 5.74) is 9.02. The molecule has 1 aliphatic carbocycles. The molecule has 0 spiro atoms. The van der Waals surface area contributed by atoms with E-state index in [4.69, 9.17) is 17.3 Å². The van der Waals surface area contributed by atoms with E-state index in [0.29, 0.717) is 9.21 Å². The van der Waals surface area contributed by atoms with Crippen LogP contribution in [-0.4, -0.2) is 5.91 Å². The Bertz CT molecular complexity index is 653. The number of benzene rings is 1. The van der Waals surface area contributed by atoms with Crippen molar-refractivity contribution in [1.82, 2.24) is 5.32 Å². The van der Waals surface area contributed by atoms with Gasteiger partial charge in [0.15, 0.2) is 0 Å². The average molecular weight is 307 g/mol. The number of halogens is 1. The van der Waals surface area contributed by atoms with Crippen molar-refractivity contribution in [3.05, 3.63) is 50.7 Å². The van der Waals surface area contributed by atoms with Crippen LogP contribution in [0.25, 0.3) is 0 Å². The average Bonchev–Trinajstić information content (AvgIpc) is 2.85. The molecule has 1 aromatic carbocycles. The number of nitrogens with two attached hydrogens (primary N) is 1. The third-order valence-corrected chi connectivity index (χ3v) is 4.81. The van der Waals surface area contributed by atoms with E-state index in [1.807, 2.05) is 18.2 Å². The molecule has 104 valence electrons. The highest BCUT2D eigenvalue weighted by atomic mass is 35.5. The van der Waals surface area contributed by atoms with E-state index >= 15 is 0 Å². The highest BCUT2D eigenvalue weighted by molar-refractivity contribution is 7.17. The quantitative estimate of drug-likeness (QED) is 0.829. The van der Waals surface area contributed by atoms with Gasteiger partial charge in [0.25, 0.3) is 5.91 Å². The second kappa shape index (κ2) is 5.46. The first kappa shape index (κ1) is 13.5. The van der Waals surface area contributed by atoms with E-state index < -0.39 is 0 Å². The van der Waals surface area contributed by atoms with Gasteiger partial charge in [0.1, 0.15) is 0 Å². The molecule has 0 saturated carbocycles. The van der Waals surface area contributed by atoms with Crippen molar-refractivity contribution in [3.63, 3.8) is 0 Å². The zero-order chi connectivity index (χ0) is 14.1. The maximum Gasteiger partial charge on any atom is 0.261 e. The molecule has 0 bridgehead atoms. The van der Waals surface area contributed by atoms with Crippen LogP contribution in [0.2, 0.25) is 4.34 Å². The second-order valence-corrected chi connectivity index (χ2v) is 6.70. The summed E-state index contributed by atoms with van der Waals surface area (Å²) in [6.45, 7) is 0. The number of amides is 1. The summed E-state index contributed by atoms with van der Waals surface area (Å²) in [5.74, 6) is -0.0587. The Morgan fingerprint density at radius 2 is 2.20 bits per heavy atom. The van der Waals surface area contributed by atoms with Crippen LogP contribution in [0.15, 0.2) is 30.3 Å². The molecule has 1 unspecified atom stereocenters. The smallest absolute Gasteiger partial charge is 0.261 e. The molecule has 3 N–H and O–H groups in total. The Morgan fingerprint density at radius 1 is 1.35 bits per heavy atom. The van der Waals surface area contributed by atoms with Crippen LogP contribution in [0, 0.1) is 0 Å². The van der Waals surface area contributed by atoms with Crippen LogP contribution < -0.4 is 11.1 Å². The van der Waals surface area contributed by atoms with Crippen LogP contribution in [0.4, 0.5) is 5.69 Å². The molecular weight excluding hydrogens is 292 g/mol. The van der Waals surface area contributed by atoms with E-state index in [1.54, 1.807) is 12.1 Å². The molecule has 1 amide bonds. The lowest BCUT2D eigenvalue weighted by Gasteiger charge is -2.26. The highest BCUT2D eigenvalue weighted by Crippen LogP contribution is 2.31. The number of nitrogens with one attached hydrogen (secondary N) is 1. The summed E-state index contributed by atoms with van der Waals surface area (Å²) >= 11 is 7.17. The number of carbonyl (C=O) groups is 1. The van der Waals surface area contributed by atoms with Gasteiger partial charge in [-0.3, -0.25) is 4.79 Å². The minimum Gasteiger partial charge on any atom is -0.399 e. The molecule has 0 fully saturated rings. The zero-order valence-corrected chi connectivity index (χ0v) is 12.4. The SMILES string of the molecule is Nc1ccc2c(c1)CCCC2NC(=O)c1ccc(Cl)s1. The lowest BCUT2D eigenvalue weighted by atomic mass is 9.87. The zero-order valence-electron chi connectivity index (χ0n) is 10.9. The van der Waals surface area contributed by atoms with Crippen molar-refractivity contribution < 1.29 is 4.79 Å². The van der Waals surface area contributed by atoms with Crippen molar-refractivity contribution in [2.75, 3.05) is 5.73 Å². The topological polar surface area (TPSA) is 55.1 Å². The molecule has 1 aliphatic rings. The van der Waals surface area contributed by atoms with Gasteiger partial charge in [0.2, 0.25) is 0 Å². The predicted octanol–water partition coefficient (Wildman–Crippen LogP) is 3.79. The summed E-state index contributed by atoms with van der Waals surface area (Å²) in [5, 5.41) is 3.10. The molecule has 2 aromatic rings. The first-order valence-corrected chi connectivity index (χ1v) is 7.77. The fourth-order valence-corrected chi connectivity index (χ4v) is 3.60. The van der Waals surface area contributed by atoms with E-state index in [1.165, 1.54) is 22.5 Å². The molecule has 0 saturated heterocycles. The van der Waals surface area contributed by atoms with Gasteiger partial charge in [-0.1, -0.05) is 17.7 Å². The van der Waals surface area contributed by atoms with Crippen LogP contribution >= 0.6 is 22.9 Å². The Labute approximate surface area is 126 Å². The fraction of sp³-hybridized carbons (Fsp3) is 0.267. The summed E-state index contributed by atoms with van der Waals surface area (Å²) in [6.07, 6.45) is 3.05. The van der Waals surface area contributed by atoms with Gasteiger partial charge in [-0.2, -0.15) is 0 Å². The molecule has 1 heterocycles. The van der Waals surface area contributed by atoms with Gasteiger partial charge in [0.05, 0.1) is 15.3 Å². The molecule has 0 radical (unpaired) electrons. The van der Waals surface area contributed by atoms with Crippen LogP contribution in [0.1, 0.15) is 39.7 Å². The Morgan fingerprint density at radius 3 is 2.95 bits per heavy atom. The normalized spacial score (nSPS) is 17.6. The summed E-state index contributed by atoms with van der Waals surface area (Å²) in [6, 6.07) is 9.50. The van der Waals surface area contributed by atoms with Crippen molar-refractivity contribution in [2.24, 2.45) is 0 Å². The minimum atomic E-state index is -0.0587. The number of hydrogen-bond acceptors (Lipinski definition) is 3. The van der Waals surface area contributed by atoms with E-state index in [0.717, 1.165) is 24.9 Å². The first-order chi connectivity index (χ1) is 9.63. The van der Waals surface area contributed by atoms with Gasteiger partial charge < -0.3 is 11.1 Å². The van der Waals surface area contributed by atoms with Crippen LogP contribution in [0.5, 0.6) is 0 Å². The van der Waals surface area contributed by atoms with E-state index in [-0.39, 0.29) is 11.9 Å². The Balaban J connectivity index is 1.81. The monoisotopic (exact) mass is 306 g/mol. The van der Waals surface area contributed by atoms with Gasteiger partial charge in [-0.15, -0.1) is 11.3 Å². The number of hydrogen-bond donors (Lipinski definition) is 2. The second-order valence-electron chi connectivity index (χ2n) is 4.98. The van der Waals surface area contributed by atoms with Gasteiger partial charge >= 0.3 is 0 Å². The molecule has 3 nitrogen and oxygen atoms in total. The molecule has 3 rings (SSSR count). The largest absolute Gasteiger partial charge is 0.399 e. The van der Waals surface area contributed by atoms with Gasteiger partial charge in [-0.05, 0) is 54.7 Å². The predicted molar refractivity (Wildman–Crippen MR) is 83.3 cm³/mol. The molecule has 20 heavy (non-hydrogen) atoms. The fourth-order valence-electron chi connectivity index (χ4n) is 2.65. The summed E-state index contributed by atoms with van der Waals surface area (Å²) in [7, 11) is 0. The van der Waals surface area contributed by atoms with Crippen molar-refractivity contribution in [2.45, 2.75) is 25.3 Å². The number of nitrogen functional groups attached to an aromatic ring is 1. The molecule has 1 aromatic heterocycles. The van der Waals surface area contributed by atoms with E-state index in [2.05, 4.69) is 5.32 Å². The van der Waals surface area contributed by atoms with Crippen molar-refractivity contribution >= 4 is 34.5 Å². The van der Waals surface area contributed by atoms with Crippen molar-refractivity contribution in [1.29, 1.82) is 0 Å². The molecular formula is C15H15ClN2OS. The summed E-state index contributed by atoms with van der Waals surface area (Å²) < 4.78 is 0.631. The number of rotatable bonds is 2. The number of aryl methyl sites for hydroxylation is 1. The van der Waals surface area contributed by atoms with Gasteiger partial charge in [-0.25, -0.2) is 0 Å². The Hall–Kier alpha value is -1.52. The molecule has 5 heteroatoms. The maximum atomic E-state index is 12.2. The van der Waals surface area contributed by atoms with Crippen LogP contribution in [0.3, 0.4) is 0 Å². The lowest BCUT2D eigenvalue weighted by molar-refractivity contribution is 0.0937. The third-order valence-electron chi connectivity index (χ3n) is 3.58. The number of carbonyl (C=O) groups excluding carboxylic acids is 1. The maximum absolute atomic E-state index is 12.2. The molecule has 1 atom stereocenters. The van der Waals surface area contributed by atoms with Gasteiger partial charge in [0, 0.05) is 5.69 Å². The van der Waals surface area contributed by atoms with Crippen molar-refractivity contribution in [3.8, 4) is 0 Å². The third kappa shape index (κ3) is 2.67. The summed E-state index contributed by atoms with van der Waals surface area (Å²) in [4.78, 5) is 12.9. The lowest BCUT2D eigenvalue weighted by Crippen LogP contribution is -2.30. The Kier molecular flexibility index (Phi) is 3.68. The van der Waals surface area contributed by atoms with E-state index in [9.17, 15) is 4.79 Å². The highest BCUT2D eigenvalue weighted by Gasteiger charge is 2.22. The number of thiophene rings is 1. The number of anilines is 1.